The van der Waals surface area contributed by atoms with Crippen LogP contribution in [0.4, 0.5) is 0 Å². The number of carbonyl (C=O) groups excluding carboxylic acids is 1. The highest BCUT2D eigenvalue weighted by molar-refractivity contribution is 5.82. The van der Waals surface area contributed by atoms with Crippen LogP contribution in [0.1, 0.15) is 120 Å². The first kappa shape index (κ1) is 34.3. The number of likely N-dealkylation sites (tertiary alicyclic amines) is 2. The Morgan fingerprint density at radius 1 is 0.738 bits per heavy atom. The second-order valence-electron chi connectivity index (χ2n) is 16.6. The second-order valence-corrected chi connectivity index (χ2v) is 16.6. The van der Waals surface area contributed by atoms with E-state index in [-0.39, 0.29) is 17.0 Å². The van der Waals surface area contributed by atoms with Gasteiger partial charge in [-0.25, -0.2) is 0 Å². The summed E-state index contributed by atoms with van der Waals surface area (Å²) in [5.41, 5.74) is 0.224. The zero-order valence-electron chi connectivity index (χ0n) is 28.6. The third kappa shape index (κ3) is 11.4. The van der Waals surface area contributed by atoms with Crippen molar-refractivity contribution in [3.63, 3.8) is 0 Å². The summed E-state index contributed by atoms with van der Waals surface area (Å²) in [6, 6.07) is 1.14. The van der Waals surface area contributed by atoms with Gasteiger partial charge in [0.25, 0.3) is 0 Å². The van der Waals surface area contributed by atoms with Crippen molar-refractivity contribution in [3.8, 4) is 0 Å². The van der Waals surface area contributed by atoms with Crippen molar-refractivity contribution < 1.29 is 14.3 Å². The smallest absolute Gasteiger partial charge is 0.149 e. The molecule has 1 unspecified atom stereocenters. The topological polar surface area (TPSA) is 66.1 Å². The van der Waals surface area contributed by atoms with Crippen molar-refractivity contribution >= 4 is 5.78 Å². The average molecular weight is 591 g/mol. The Balaban J connectivity index is 1.03. The van der Waals surface area contributed by atoms with Crippen molar-refractivity contribution in [2.45, 2.75) is 167 Å². The summed E-state index contributed by atoms with van der Waals surface area (Å²) in [5.74, 6) is 1.26. The zero-order valence-corrected chi connectivity index (χ0v) is 28.6. The molecule has 0 amide bonds. The van der Waals surface area contributed by atoms with Crippen molar-refractivity contribution in [3.05, 3.63) is 0 Å². The third-order valence-electron chi connectivity index (χ3n) is 10.0. The highest BCUT2D eigenvalue weighted by Gasteiger charge is 2.37. The van der Waals surface area contributed by atoms with Crippen LogP contribution in [0.15, 0.2) is 0 Å². The number of ketones is 1. The molecule has 4 rings (SSSR count). The van der Waals surface area contributed by atoms with Crippen molar-refractivity contribution in [1.82, 2.24) is 20.4 Å². The molecule has 2 N–H and O–H groups in total. The molecule has 4 fully saturated rings. The normalized spacial score (nSPS) is 29.8. The van der Waals surface area contributed by atoms with E-state index < -0.39 is 0 Å². The van der Waals surface area contributed by atoms with E-state index in [4.69, 9.17) is 9.47 Å². The summed E-state index contributed by atoms with van der Waals surface area (Å²) in [6.45, 7) is 24.2. The monoisotopic (exact) mass is 591 g/mol. The number of nitrogens with zero attached hydrogens (tertiary/aromatic N) is 2. The lowest BCUT2D eigenvalue weighted by atomic mass is 9.84. The van der Waals surface area contributed by atoms with Gasteiger partial charge in [0.05, 0.1) is 31.0 Å². The van der Waals surface area contributed by atoms with E-state index in [1.807, 2.05) is 0 Å². The van der Waals surface area contributed by atoms with Crippen LogP contribution in [-0.2, 0) is 14.3 Å². The molecule has 2 aliphatic carbocycles. The predicted octanol–water partition coefficient (Wildman–Crippen LogP) is 5.41. The maximum atomic E-state index is 13.1. The molecule has 7 heteroatoms. The Bertz CT molecular complexity index is 815. The minimum atomic E-state index is 0.0466. The van der Waals surface area contributed by atoms with E-state index in [1.165, 1.54) is 32.5 Å². The van der Waals surface area contributed by atoms with E-state index in [0.29, 0.717) is 48.8 Å². The van der Waals surface area contributed by atoms with Crippen LogP contribution >= 0.6 is 0 Å². The fraction of sp³-hybridized carbons (Fsp3) is 0.971. The molecule has 0 radical (unpaired) electrons. The minimum Gasteiger partial charge on any atom is -0.375 e. The first-order valence-corrected chi connectivity index (χ1v) is 17.6. The molecule has 42 heavy (non-hydrogen) atoms. The molecule has 0 aromatic rings. The lowest BCUT2D eigenvalue weighted by Gasteiger charge is -2.44. The predicted molar refractivity (Wildman–Crippen MR) is 173 cm³/mol. The highest BCUT2D eigenvalue weighted by atomic mass is 16.5. The molecule has 2 aliphatic heterocycles. The van der Waals surface area contributed by atoms with E-state index in [0.717, 1.165) is 70.4 Å². The summed E-state index contributed by atoms with van der Waals surface area (Å²) >= 11 is 0. The minimum absolute atomic E-state index is 0.0466. The number of ether oxygens (including phenoxy) is 2. The molecular weight excluding hydrogens is 524 g/mol. The molecule has 7 nitrogen and oxygen atoms in total. The van der Waals surface area contributed by atoms with Crippen molar-refractivity contribution in [2.24, 2.45) is 11.8 Å². The lowest BCUT2D eigenvalue weighted by molar-refractivity contribution is -0.125. The van der Waals surface area contributed by atoms with Crippen molar-refractivity contribution in [2.75, 3.05) is 39.3 Å². The van der Waals surface area contributed by atoms with Crippen LogP contribution in [-0.4, -0.2) is 102 Å². The van der Waals surface area contributed by atoms with Gasteiger partial charge < -0.3 is 25.0 Å². The quantitative estimate of drug-likeness (QED) is 0.265. The molecule has 0 aromatic heterocycles. The molecule has 2 saturated heterocycles. The average Bonchev–Trinajstić information content (AvgIpc) is 2.85. The molecule has 0 spiro atoms. The fourth-order valence-corrected chi connectivity index (χ4v) is 7.43. The first-order chi connectivity index (χ1) is 19.7. The van der Waals surface area contributed by atoms with Crippen LogP contribution in [0, 0.1) is 11.8 Å². The standard InChI is InChI=1S/C35H66N4O3/c1-25(2)23-38-15-10-29(11-16-38)42-32-21-28(22-32)37-35(7,8)14-9-26(3)33(40)24-39-17-12-30(13-18-39)41-31-19-27(20-31)36-34(4,5)6/h25-32,36-37H,9-24H2,1-8H3. The number of nitrogens with one attached hydrogen (secondary N) is 2. The summed E-state index contributed by atoms with van der Waals surface area (Å²) in [4.78, 5) is 18.0. The number of Topliss-reactive ketones (excluding diaryl/α,β-unsaturated/α-hetero) is 1. The van der Waals surface area contributed by atoms with Gasteiger partial charge >= 0.3 is 0 Å². The number of rotatable bonds is 15. The Kier molecular flexibility index (Phi) is 12.4. The van der Waals surface area contributed by atoms with E-state index in [2.05, 4.69) is 75.8 Å². The van der Waals surface area contributed by atoms with Crippen LogP contribution in [0.25, 0.3) is 0 Å². The third-order valence-corrected chi connectivity index (χ3v) is 10.0. The van der Waals surface area contributed by atoms with Gasteiger partial charge in [0.1, 0.15) is 5.78 Å². The Morgan fingerprint density at radius 2 is 1.21 bits per heavy atom. The van der Waals surface area contributed by atoms with E-state index in [9.17, 15) is 4.79 Å². The molecule has 244 valence electrons. The maximum absolute atomic E-state index is 13.1. The van der Waals surface area contributed by atoms with Crippen LogP contribution < -0.4 is 10.6 Å². The van der Waals surface area contributed by atoms with E-state index in [1.54, 1.807) is 0 Å². The summed E-state index contributed by atoms with van der Waals surface area (Å²) in [6.07, 6.45) is 12.6. The summed E-state index contributed by atoms with van der Waals surface area (Å²) in [7, 11) is 0. The largest absolute Gasteiger partial charge is 0.375 e. The second kappa shape index (κ2) is 15.1. The van der Waals surface area contributed by atoms with Gasteiger partial charge in [-0.2, -0.15) is 0 Å². The van der Waals surface area contributed by atoms with Gasteiger partial charge in [0, 0.05) is 61.8 Å². The van der Waals surface area contributed by atoms with Crippen LogP contribution in [0.5, 0.6) is 0 Å². The molecule has 2 saturated carbocycles. The number of hydrogen-bond acceptors (Lipinski definition) is 7. The molecule has 2 heterocycles. The zero-order chi connectivity index (χ0) is 30.5. The summed E-state index contributed by atoms with van der Waals surface area (Å²) in [5, 5.41) is 7.56. The SMILES string of the molecule is CC(C)CN1CCC(OC2CC(NC(C)(C)CCC(C)C(=O)CN3CCC(OC4CC(NC(C)(C)C)C4)CC3)C2)CC1. The van der Waals surface area contributed by atoms with Gasteiger partial charge in [0.15, 0.2) is 0 Å². The first-order valence-electron chi connectivity index (χ1n) is 17.6. The molecule has 1 atom stereocenters. The van der Waals surface area contributed by atoms with Gasteiger partial charge in [-0.15, -0.1) is 0 Å². The lowest BCUT2D eigenvalue weighted by Crippen LogP contribution is -2.54. The van der Waals surface area contributed by atoms with Gasteiger partial charge in [0.2, 0.25) is 0 Å². The van der Waals surface area contributed by atoms with Crippen molar-refractivity contribution in [1.29, 1.82) is 0 Å². The number of hydrogen-bond donors (Lipinski definition) is 2. The summed E-state index contributed by atoms with van der Waals surface area (Å²) < 4.78 is 12.8. The van der Waals surface area contributed by atoms with Gasteiger partial charge in [-0.3, -0.25) is 9.69 Å². The van der Waals surface area contributed by atoms with Crippen LogP contribution in [0.3, 0.4) is 0 Å². The van der Waals surface area contributed by atoms with Gasteiger partial charge in [-0.1, -0.05) is 20.8 Å². The Morgan fingerprint density at radius 3 is 1.69 bits per heavy atom. The Hall–Kier alpha value is -0.570. The molecule has 4 aliphatic rings. The fourth-order valence-electron chi connectivity index (χ4n) is 7.43. The molecular formula is C35H66N4O3. The van der Waals surface area contributed by atoms with E-state index >= 15 is 0 Å². The number of piperidine rings is 2. The number of carbonyl (C=O) groups is 1. The molecule has 0 aromatic carbocycles. The molecule has 0 bridgehead atoms. The Labute approximate surface area is 258 Å². The maximum Gasteiger partial charge on any atom is 0.149 e. The van der Waals surface area contributed by atoms with Gasteiger partial charge in [-0.05, 0) is 105 Å². The van der Waals surface area contributed by atoms with Crippen LogP contribution in [0.2, 0.25) is 0 Å². The highest BCUT2D eigenvalue weighted by Crippen LogP contribution is 2.31.